The van der Waals surface area contributed by atoms with Gasteiger partial charge < -0.3 is 15.2 Å². The van der Waals surface area contributed by atoms with Crippen LogP contribution in [0.3, 0.4) is 0 Å². The third kappa shape index (κ3) is 4.82. The van der Waals surface area contributed by atoms with E-state index in [0.717, 1.165) is 0 Å². The van der Waals surface area contributed by atoms with Gasteiger partial charge in [0, 0.05) is 18.9 Å². The molecule has 1 rings (SSSR count). The molecule has 2 N–H and O–H groups in total. The second-order valence-electron chi connectivity index (χ2n) is 4.04. The number of methoxy groups -OCH3 is 1. The molecule has 6 heteroatoms. The zero-order valence-corrected chi connectivity index (χ0v) is 10.3. The normalized spacial score (nSPS) is 11.7. The lowest BCUT2D eigenvalue weighted by Gasteiger charge is -2.09. The molecule has 1 atom stereocenters. The molecule has 6 nitrogen and oxygen atoms in total. The Kier molecular flexibility index (Phi) is 5.10. The summed E-state index contributed by atoms with van der Waals surface area (Å²) in [5.74, 6) is -0.863. The number of hydrogen-bond donors (Lipinski definition) is 2. The van der Waals surface area contributed by atoms with Gasteiger partial charge >= 0.3 is 5.97 Å². The summed E-state index contributed by atoms with van der Waals surface area (Å²) >= 11 is 0. The zero-order valence-electron chi connectivity index (χ0n) is 10.3. The van der Waals surface area contributed by atoms with E-state index in [1.807, 2.05) is 0 Å². The van der Waals surface area contributed by atoms with Crippen LogP contribution in [0.25, 0.3) is 0 Å². The van der Waals surface area contributed by atoms with Crippen LogP contribution < -0.4 is 10.1 Å². The van der Waals surface area contributed by atoms with Gasteiger partial charge in [-0.3, -0.25) is 9.59 Å². The second kappa shape index (κ2) is 6.58. The highest BCUT2D eigenvalue weighted by Crippen LogP contribution is 2.13. The van der Waals surface area contributed by atoms with Crippen LogP contribution in [-0.4, -0.2) is 29.1 Å². The van der Waals surface area contributed by atoms with Gasteiger partial charge in [0.2, 0.25) is 11.8 Å². The van der Waals surface area contributed by atoms with Gasteiger partial charge in [0.1, 0.15) is 0 Å². The summed E-state index contributed by atoms with van der Waals surface area (Å²) in [6.07, 6.45) is 1.63. The predicted molar refractivity (Wildman–Crippen MR) is 65.5 cm³/mol. The number of hydrogen-bond acceptors (Lipinski definition) is 4. The molecule has 0 bridgehead atoms. The maximum absolute atomic E-state index is 11.6. The van der Waals surface area contributed by atoms with Crippen LogP contribution in [0.1, 0.15) is 19.8 Å². The topological polar surface area (TPSA) is 88.5 Å². The minimum atomic E-state index is -0.901. The van der Waals surface area contributed by atoms with Crippen molar-refractivity contribution in [3.8, 4) is 5.88 Å². The van der Waals surface area contributed by atoms with Gasteiger partial charge in [0.15, 0.2) is 0 Å². The van der Waals surface area contributed by atoms with Crippen LogP contribution in [0, 0.1) is 5.92 Å². The Morgan fingerprint density at radius 3 is 2.67 bits per heavy atom. The van der Waals surface area contributed by atoms with E-state index in [-0.39, 0.29) is 24.7 Å². The third-order valence-corrected chi connectivity index (χ3v) is 2.29. The Balaban J connectivity index is 2.46. The van der Waals surface area contributed by atoms with Gasteiger partial charge in [0.25, 0.3) is 0 Å². The van der Waals surface area contributed by atoms with Crippen LogP contribution in [0.15, 0.2) is 18.3 Å². The van der Waals surface area contributed by atoms with Crippen molar-refractivity contribution < 1.29 is 19.4 Å². The first-order valence-corrected chi connectivity index (χ1v) is 5.53. The molecule has 0 saturated heterocycles. The highest BCUT2D eigenvalue weighted by atomic mass is 16.5. The minimum absolute atomic E-state index is 0.0196. The molecule has 1 unspecified atom stereocenters. The molecule has 0 spiro atoms. The van der Waals surface area contributed by atoms with E-state index in [1.54, 1.807) is 19.1 Å². The van der Waals surface area contributed by atoms with E-state index in [1.165, 1.54) is 13.3 Å². The van der Waals surface area contributed by atoms with Crippen molar-refractivity contribution in [2.24, 2.45) is 5.92 Å². The van der Waals surface area contributed by atoms with Crippen molar-refractivity contribution in [1.82, 2.24) is 4.98 Å². The molecule has 0 aliphatic heterocycles. The second-order valence-corrected chi connectivity index (χ2v) is 4.04. The number of aliphatic carboxylic acids is 1. The molecule has 0 aliphatic carbocycles. The Hall–Kier alpha value is -2.11. The first-order chi connectivity index (χ1) is 8.51. The van der Waals surface area contributed by atoms with E-state index < -0.39 is 5.97 Å². The van der Waals surface area contributed by atoms with Crippen molar-refractivity contribution in [3.63, 3.8) is 0 Å². The van der Waals surface area contributed by atoms with Gasteiger partial charge in [-0.25, -0.2) is 4.98 Å². The summed E-state index contributed by atoms with van der Waals surface area (Å²) in [5.41, 5.74) is 0.559. The number of carbonyl (C=O) groups is 2. The largest absolute Gasteiger partial charge is 0.481 e. The number of ether oxygens (including phenoxy) is 1. The summed E-state index contributed by atoms with van der Waals surface area (Å²) in [4.78, 5) is 26.0. The Morgan fingerprint density at radius 1 is 1.44 bits per heavy atom. The lowest BCUT2D eigenvalue weighted by Crippen LogP contribution is -2.17. The number of rotatable bonds is 6. The smallest absolute Gasteiger partial charge is 0.303 e. The minimum Gasteiger partial charge on any atom is -0.481 e. The first kappa shape index (κ1) is 14.0. The van der Waals surface area contributed by atoms with Gasteiger partial charge in [-0.2, -0.15) is 0 Å². The number of carboxylic acids is 1. The number of nitrogens with zero attached hydrogens (tertiary/aromatic N) is 1. The molecule has 0 saturated carbocycles. The summed E-state index contributed by atoms with van der Waals surface area (Å²) in [5, 5.41) is 11.2. The molecule has 0 aliphatic rings. The van der Waals surface area contributed by atoms with Gasteiger partial charge in [0.05, 0.1) is 19.0 Å². The number of carbonyl (C=O) groups excluding carboxylic acids is 1. The highest BCUT2D eigenvalue weighted by molar-refractivity contribution is 5.90. The standard InChI is InChI=1S/C12H16N2O4/c1-8(6-12(16)17)5-10(15)14-9-3-4-11(18-2)13-7-9/h3-4,7-8H,5-6H2,1-2H3,(H,14,15)(H,16,17). The van der Waals surface area contributed by atoms with Crippen LogP contribution in [0.4, 0.5) is 5.69 Å². The van der Waals surface area contributed by atoms with E-state index in [4.69, 9.17) is 9.84 Å². The Bertz CT molecular complexity index is 417. The molecule has 1 heterocycles. The SMILES string of the molecule is COc1ccc(NC(=O)CC(C)CC(=O)O)cn1. The van der Waals surface area contributed by atoms with Crippen LogP contribution >= 0.6 is 0 Å². The summed E-state index contributed by atoms with van der Waals surface area (Å²) in [6.45, 7) is 1.72. The highest BCUT2D eigenvalue weighted by Gasteiger charge is 2.12. The molecule has 0 radical (unpaired) electrons. The number of nitrogens with one attached hydrogen (secondary N) is 1. The fourth-order valence-electron chi connectivity index (χ4n) is 1.47. The molecular weight excluding hydrogens is 236 g/mol. The molecule has 1 amide bonds. The number of aromatic nitrogens is 1. The van der Waals surface area contributed by atoms with E-state index in [0.29, 0.717) is 11.6 Å². The summed E-state index contributed by atoms with van der Waals surface area (Å²) in [7, 11) is 1.51. The number of anilines is 1. The number of carboxylic acid groups (broad SMARTS) is 1. The molecule has 1 aromatic heterocycles. The average Bonchev–Trinajstić information content (AvgIpc) is 2.28. The van der Waals surface area contributed by atoms with Crippen LogP contribution in [-0.2, 0) is 9.59 Å². The maximum Gasteiger partial charge on any atom is 0.303 e. The van der Waals surface area contributed by atoms with Crippen LogP contribution in [0.5, 0.6) is 5.88 Å². The number of amides is 1. The fraction of sp³-hybridized carbons (Fsp3) is 0.417. The van der Waals surface area contributed by atoms with E-state index in [2.05, 4.69) is 10.3 Å². The quantitative estimate of drug-likeness (QED) is 0.801. The fourth-order valence-corrected chi connectivity index (χ4v) is 1.47. The molecule has 98 valence electrons. The summed E-state index contributed by atoms with van der Waals surface area (Å²) < 4.78 is 4.89. The Morgan fingerprint density at radius 2 is 2.17 bits per heavy atom. The van der Waals surface area contributed by atoms with Crippen molar-refractivity contribution in [2.75, 3.05) is 12.4 Å². The van der Waals surface area contributed by atoms with Crippen molar-refractivity contribution >= 4 is 17.6 Å². The molecule has 0 aromatic carbocycles. The third-order valence-electron chi connectivity index (χ3n) is 2.29. The average molecular weight is 252 g/mol. The first-order valence-electron chi connectivity index (χ1n) is 5.53. The molecule has 1 aromatic rings. The summed E-state index contributed by atoms with van der Waals surface area (Å²) in [6, 6.07) is 3.31. The van der Waals surface area contributed by atoms with Gasteiger partial charge in [-0.05, 0) is 12.0 Å². The number of pyridine rings is 1. The van der Waals surface area contributed by atoms with Crippen LogP contribution in [0.2, 0.25) is 0 Å². The molecule has 18 heavy (non-hydrogen) atoms. The van der Waals surface area contributed by atoms with Crippen molar-refractivity contribution in [3.05, 3.63) is 18.3 Å². The molecule has 0 fully saturated rings. The Labute approximate surface area is 105 Å². The molecular formula is C12H16N2O4. The van der Waals surface area contributed by atoms with Gasteiger partial charge in [-0.15, -0.1) is 0 Å². The van der Waals surface area contributed by atoms with E-state index in [9.17, 15) is 9.59 Å². The van der Waals surface area contributed by atoms with Crippen molar-refractivity contribution in [2.45, 2.75) is 19.8 Å². The zero-order chi connectivity index (χ0) is 13.5. The lowest BCUT2D eigenvalue weighted by molar-refractivity contribution is -0.138. The maximum atomic E-state index is 11.6. The monoisotopic (exact) mass is 252 g/mol. The van der Waals surface area contributed by atoms with Crippen molar-refractivity contribution in [1.29, 1.82) is 0 Å². The van der Waals surface area contributed by atoms with Gasteiger partial charge in [-0.1, -0.05) is 6.92 Å². The predicted octanol–water partition coefficient (Wildman–Crippen LogP) is 1.53. The van der Waals surface area contributed by atoms with E-state index >= 15 is 0 Å². The lowest BCUT2D eigenvalue weighted by atomic mass is 10.0.